The fourth-order valence-electron chi connectivity index (χ4n) is 1.11. The maximum absolute atomic E-state index is 13.1. The van der Waals surface area contributed by atoms with Crippen LogP contribution in [-0.2, 0) is 4.74 Å². The van der Waals surface area contributed by atoms with Crippen LogP contribution in [0.4, 0.5) is 4.39 Å². The minimum absolute atomic E-state index is 0.0926. The van der Waals surface area contributed by atoms with Crippen LogP contribution in [0.2, 0.25) is 0 Å². The van der Waals surface area contributed by atoms with Gasteiger partial charge in [-0.2, -0.15) is 0 Å². The van der Waals surface area contributed by atoms with Gasteiger partial charge in [-0.15, -0.1) is 0 Å². The zero-order valence-corrected chi connectivity index (χ0v) is 7.87. The van der Waals surface area contributed by atoms with E-state index in [0.29, 0.717) is 11.1 Å². The third-order valence-electron chi connectivity index (χ3n) is 1.88. The molecule has 0 saturated carbocycles. The zero-order chi connectivity index (χ0) is 10.6. The second-order valence-electron chi connectivity index (χ2n) is 2.82. The highest BCUT2D eigenvalue weighted by molar-refractivity contribution is 5.89. The lowest BCUT2D eigenvalue weighted by Crippen LogP contribution is -2.09. The first-order valence-electron chi connectivity index (χ1n) is 4.21. The first kappa shape index (κ1) is 10.7. The van der Waals surface area contributed by atoms with Crippen molar-refractivity contribution in [2.75, 3.05) is 13.7 Å². The van der Waals surface area contributed by atoms with Gasteiger partial charge in [-0.25, -0.2) is 9.18 Å². The maximum Gasteiger partial charge on any atom is 0.337 e. The second-order valence-corrected chi connectivity index (χ2v) is 2.82. The van der Waals surface area contributed by atoms with E-state index >= 15 is 0 Å². The number of hydrogen-bond donors (Lipinski definition) is 1. The van der Waals surface area contributed by atoms with Gasteiger partial charge in [0.1, 0.15) is 6.17 Å². The number of alkyl halides is 1. The van der Waals surface area contributed by atoms with E-state index in [0.717, 1.165) is 0 Å². The summed E-state index contributed by atoms with van der Waals surface area (Å²) in [4.78, 5) is 11.1. The molecule has 0 aliphatic heterocycles. The van der Waals surface area contributed by atoms with E-state index in [-0.39, 0.29) is 6.54 Å². The Morgan fingerprint density at radius 1 is 1.64 bits per heavy atom. The molecule has 0 bridgehead atoms. The summed E-state index contributed by atoms with van der Waals surface area (Å²) >= 11 is 0. The number of benzene rings is 1. The molecule has 1 unspecified atom stereocenters. The maximum atomic E-state index is 13.1. The summed E-state index contributed by atoms with van der Waals surface area (Å²) in [6.07, 6.45) is -1.24. The van der Waals surface area contributed by atoms with Gasteiger partial charge in [0.2, 0.25) is 0 Å². The quantitative estimate of drug-likeness (QED) is 0.746. The fourth-order valence-corrected chi connectivity index (χ4v) is 1.11. The SMILES string of the molecule is COC(=O)c1cccc(C(F)CN)c1. The third-order valence-corrected chi connectivity index (χ3v) is 1.88. The molecule has 2 N–H and O–H groups in total. The Morgan fingerprint density at radius 3 is 2.93 bits per heavy atom. The van der Waals surface area contributed by atoms with Crippen LogP contribution in [0.15, 0.2) is 24.3 Å². The van der Waals surface area contributed by atoms with Crippen LogP contribution in [0.3, 0.4) is 0 Å². The van der Waals surface area contributed by atoms with Crippen LogP contribution in [0.5, 0.6) is 0 Å². The fraction of sp³-hybridized carbons (Fsp3) is 0.300. The van der Waals surface area contributed by atoms with Gasteiger partial charge in [-0.1, -0.05) is 12.1 Å². The summed E-state index contributed by atoms with van der Waals surface area (Å²) < 4.78 is 17.6. The lowest BCUT2D eigenvalue weighted by molar-refractivity contribution is 0.0600. The number of carbonyl (C=O) groups is 1. The molecule has 0 radical (unpaired) electrons. The number of halogens is 1. The van der Waals surface area contributed by atoms with Crippen LogP contribution < -0.4 is 5.73 Å². The lowest BCUT2D eigenvalue weighted by Gasteiger charge is -2.06. The largest absolute Gasteiger partial charge is 0.465 e. The molecule has 0 aliphatic rings. The summed E-state index contributed by atoms with van der Waals surface area (Å²) in [5.74, 6) is -0.476. The predicted molar refractivity (Wildman–Crippen MR) is 50.7 cm³/mol. The van der Waals surface area contributed by atoms with Crippen LogP contribution in [0.1, 0.15) is 22.1 Å². The van der Waals surface area contributed by atoms with E-state index in [1.807, 2.05) is 0 Å². The Morgan fingerprint density at radius 2 is 2.36 bits per heavy atom. The smallest absolute Gasteiger partial charge is 0.337 e. The van der Waals surface area contributed by atoms with Crippen molar-refractivity contribution < 1.29 is 13.9 Å². The number of rotatable bonds is 3. The monoisotopic (exact) mass is 197 g/mol. The molecule has 1 rings (SSSR count). The Kier molecular flexibility index (Phi) is 3.59. The topological polar surface area (TPSA) is 52.3 Å². The lowest BCUT2D eigenvalue weighted by atomic mass is 10.1. The molecule has 0 spiro atoms. The Hall–Kier alpha value is -1.42. The summed E-state index contributed by atoms with van der Waals surface area (Å²) in [6, 6.07) is 6.20. The molecule has 3 nitrogen and oxygen atoms in total. The number of methoxy groups -OCH3 is 1. The van der Waals surface area contributed by atoms with Crippen molar-refractivity contribution in [3.8, 4) is 0 Å². The molecule has 0 aromatic heterocycles. The van der Waals surface area contributed by atoms with E-state index in [1.165, 1.54) is 13.2 Å². The zero-order valence-electron chi connectivity index (χ0n) is 7.87. The molecule has 0 saturated heterocycles. The summed E-state index contributed by atoms with van der Waals surface area (Å²) in [6.45, 7) is -0.0926. The van der Waals surface area contributed by atoms with Gasteiger partial charge in [-0.05, 0) is 17.7 Å². The average molecular weight is 197 g/mol. The highest BCUT2D eigenvalue weighted by Crippen LogP contribution is 2.17. The van der Waals surface area contributed by atoms with Gasteiger partial charge in [0.05, 0.1) is 12.7 Å². The number of carbonyl (C=O) groups excluding carboxylic acids is 1. The summed E-state index contributed by atoms with van der Waals surface area (Å²) in [5, 5.41) is 0. The molecular weight excluding hydrogens is 185 g/mol. The minimum atomic E-state index is -1.24. The van der Waals surface area contributed by atoms with Gasteiger partial charge in [0.25, 0.3) is 0 Å². The molecule has 4 heteroatoms. The number of esters is 1. The van der Waals surface area contributed by atoms with E-state index in [1.54, 1.807) is 18.2 Å². The highest BCUT2D eigenvalue weighted by Gasteiger charge is 2.10. The average Bonchev–Trinajstić information content (AvgIpc) is 2.27. The van der Waals surface area contributed by atoms with Crippen molar-refractivity contribution in [2.45, 2.75) is 6.17 Å². The Bertz CT molecular complexity index is 328. The summed E-state index contributed by atoms with van der Waals surface area (Å²) in [5.41, 5.74) is 5.90. The molecule has 76 valence electrons. The Balaban J connectivity index is 2.95. The number of nitrogens with two attached hydrogens (primary N) is 1. The molecule has 0 fully saturated rings. The normalized spacial score (nSPS) is 12.2. The third kappa shape index (κ3) is 2.29. The van der Waals surface area contributed by atoms with Crippen LogP contribution in [0, 0.1) is 0 Å². The van der Waals surface area contributed by atoms with Crippen molar-refractivity contribution >= 4 is 5.97 Å². The molecule has 1 atom stereocenters. The van der Waals surface area contributed by atoms with Gasteiger partial charge in [0.15, 0.2) is 0 Å². The second kappa shape index (κ2) is 4.72. The van der Waals surface area contributed by atoms with Crippen molar-refractivity contribution in [1.82, 2.24) is 0 Å². The van der Waals surface area contributed by atoms with Crippen LogP contribution >= 0.6 is 0 Å². The van der Waals surface area contributed by atoms with Gasteiger partial charge in [-0.3, -0.25) is 0 Å². The van der Waals surface area contributed by atoms with Crippen molar-refractivity contribution in [3.05, 3.63) is 35.4 Å². The minimum Gasteiger partial charge on any atom is -0.465 e. The van der Waals surface area contributed by atoms with E-state index in [9.17, 15) is 9.18 Å². The Labute approximate surface area is 81.7 Å². The standard InChI is InChI=1S/C10H12FNO2/c1-14-10(13)8-4-2-3-7(5-8)9(11)6-12/h2-5,9H,6,12H2,1H3. The molecular formula is C10H12FNO2. The van der Waals surface area contributed by atoms with E-state index in [4.69, 9.17) is 5.73 Å². The van der Waals surface area contributed by atoms with Crippen molar-refractivity contribution in [3.63, 3.8) is 0 Å². The van der Waals surface area contributed by atoms with Crippen molar-refractivity contribution in [2.24, 2.45) is 5.73 Å². The molecule has 0 heterocycles. The van der Waals surface area contributed by atoms with E-state index < -0.39 is 12.1 Å². The number of hydrogen-bond acceptors (Lipinski definition) is 3. The van der Waals surface area contributed by atoms with Crippen LogP contribution in [0.25, 0.3) is 0 Å². The van der Waals surface area contributed by atoms with Gasteiger partial charge in [0, 0.05) is 6.54 Å². The number of ether oxygens (including phenoxy) is 1. The molecule has 0 amide bonds. The van der Waals surface area contributed by atoms with E-state index in [2.05, 4.69) is 4.74 Å². The molecule has 0 aliphatic carbocycles. The predicted octanol–water partition coefficient (Wildman–Crippen LogP) is 1.44. The van der Waals surface area contributed by atoms with Crippen LogP contribution in [-0.4, -0.2) is 19.6 Å². The molecule has 14 heavy (non-hydrogen) atoms. The first-order chi connectivity index (χ1) is 6.69. The highest BCUT2D eigenvalue weighted by atomic mass is 19.1. The summed E-state index contributed by atoms with van der Waals surface area (Å²) in [7, 11) is 1.28. The molecule has 1 aromatic carbocycles. The van der Waals surface area contributed by atoms with Gasteiger partial charge >= 0.3 is 5.97 Å². The van der Waals surface area contributed by atoms with Crippen molar-refractivity contribution in [1.29, 1.82) is 0 Å². The van der Waals surface area contributed by atoms with Gasteiger partial charge < -0.3 is 10.5 Å². The first-order valence-corrected chi connectivity index (χ1v) is 4.21. The molecule has 1 aromatic rings.